The second kappa shape index (κ2) is 4.16. The van der Waals surface area contributed by atoms with Gasteiger partial charge < -0.3 is 4.84 Å². The van der Waals surface area contributed by atoms with E-state index in [1.54, 1.807) is 12.1 Å². The van der Waals surface area contributed by atoms with E-state index in [9.17, 15) is 0 Å². The molecule has 11 heavy (non-hydrogen) atoms. The van der Waals surface area contributed by atoms with Gasteiger partial charge in [-0.2, -0.15) is 5.48 Å². The fraction of sp³-hybridized carbons (Fsp3) is 0. The molecular weight excluding hydrogens is 182 g/mol. The molecule has 0 atom stereocenters. The lowest BCUT2D eigenvalue weighted by Gasteiger charge is -2.03. The molecule has 0 aliphatic rings. The Labute approximate surface area is 75.1 Å². The number of nitrogens with one attached hydrogen (secondary N) is 1. The predicted octanol–water partition coefficient (Wildman–Crippen LogP) is 2.09. The maximum Gasteiger partial charge on any atom is 0.201 e. The van der Waals surface area contributed by atoms with Crippen molar-refractivity contribution in [2.24, 2.45) is 0 Å². The molecule has 0 spiro atoms. The zero-order valence-electron chi connectivity index (χ0n) is 5.58. The summed E-state index contributed by atoms with van der Waals surface area (Å²) < 4.78 is 0.0915. The van der Waals surface area contributed by atoms with Crippen LogP contribution in [0.3, 0.4) is 0 Å². The van der Waals surface area contributed by atoms with Crippen molar-refractivity contribution in [2.45, 2.75) is 0 Å². The minimum absolute atomic E-state index is 0.0915. The van der Waals surface area contributed by atoms with Gasteiger partial charge in [-0.3, -0.25) is 0 Å². The largest absolute Gasteiger partial charge is 0.381 e. The molecule has 0 aliphatic heterocycles. The van der Waals surface area contributed by atoms with Crippen LogP contribution in [-0.4, -0.2) is 4.45 Å². The highest BCUT2D eigenvalue weighted by Crippen LogP contribution is 2.06. The molecule has 0 bridgehead atoms. The van der Waals surface area contributed by atoms with Crippen LogP contribution >= 0.6 is 23.8 Å². The first-order valence-corrected chi connectivity index (χ1v) is 3.75. The van der Waals surface area contributed by atoms with E-state index in [-0.39, 0.29) is 4.45 Å². The lowest BCUT2D eigenvalue weighted by atomic mass is 10.3. The molecule has 58 valence electrons. The van der Waals surface area contributed by atoms with E-state index in [1.165, 1.54) is 0 Å². The molecule has 1 N–H and O–H groups in total. The summed E-state index contributed by atoms with van der Waals surface area (Å²) in [5, 5.41) is 0. The second-order valence-corrected chi connectivity index (χ2v) is 2.80. The van der Waals surface area contributed by atoms with Crippen LogP contribution in [0.2, 0.25) is 0 Å². The molecule has 1 aromatic carbocycles. The van der Waals surface area contributed by atoms with Gasteiger partial charge in [0.2, 0.25) is 4.45 Å². The molecule has 0 saturated carbocycles. The van der Waals surface area contributed by atoms with Gasteiger partial charge in [0.1, 0.15) is 0 Å². The van der Waals surface area contributed by atoms with E-state index >= 15 is 0 Å². The van der Waals surface area contributed by atoms with Crippen molar-refractivity contribution in [3.8, 4) is 5.75 Å². The molecular formula is C7H6ClNOS. The summed E-state index contributed by atoms with van der Waals surface area (Å²) in [6, 6.07) is 9.19. The summed E-state index contributed by atoms with van der Waals surface area (Å²) >= 11 is 9.85. The highest BCUT2D eigenvalue weighted by Gasteiger charge is 1.90. The van der Waals surface area contributed by atoms with Crippen LogP contribution < -0.4 is 10.3 Å². The number of halogens is 1. The molecule has 0 heterocycles. The first-order chi connectivity index (χ1) is 5.29. The Morgan fingerprint density at radius 3 is 2.55 bits per heavy atom. The van der Waals surface area contributed by atoms with E-state index in [0.29, 0.717) is 5.75 Å². The lowest BCUT2D eigenvalue weighted by molar-refractivity contribution is 0.267. The van der Waals surface area contributed by atoms with Crippen molar-refractivity contribution in [1.82, 2.24) is 5.48 Å². The average molecular weight is 188 g/mol. The van der Waals surface area contributed by atoms with Crippen LogP contribution in [0, 0.1) is 0 Å². The summed E-state index contributed by atoms with van der Waals surface area (Å²) in [6.07, 6.45) is 0. The summed E-state index contributed by atoms with van der Waals surface area (Å²) in [5.41, 5.74) is 2.36. The molecule has 1 aromatic rings. The van der Waals surface area contributed by atoms with Gasteiger partial charge in [0.25, 0.3) is 0 Å². The molecule has 0 aliphatic carbocycles. The first-order valence-electron chi connectivity index (χ1n) is 2.96. The van der Waals surface area contributed by atoms with Crippen molar-refractivity contribution in [3.05, 3.63) is 30.3 Å². The normalized spacial score (nSPS) is 8.82. The number of para-hydroxylation sites is 1. The first kappa shape index (κ1) is 8.30. The maximum atomic E-state index is 5.32. The molecule has 4 heteroatoms. The third-order valence-electron chi connectivity index (χ3n) is 0.992. The predicted molar refractivity (Wildman–Crippen MR) is 48.7 cm³/mol. The Balaban J connectivity index is 2.45. The average Bonchev–Trinajstić information content (AvgIpc) is 2.03. The van der Waals surface area contributed by atoms with Crippen LogP contribution in [0.25, 0.3) is 0 Å². The Hall–Kier alpha value is -0.800. The van der Waals surface area contributed by atoms with Crippen molar-refractivity contribution < 1.29 is 4.84 Å². The number of hydrogen-bond donors (Lipinski definition) is 1. The van der Waals surface area contributed by atoms with Gasteiger partial charge in [0.05, 0.1) is 0 Å². The molecule has 0 aromatic heterocycles. The molecule has 0 fully saturated rings. The molecule has 0 saturated heterocycles. The van der Waals surface area contributed by atoms with E-state index in [0.717, 1.165) is 0 Å². The van der Waals surface area contributed by atoms with E-state index < -0.39 is 0 Å². The second-order valence-electron chi connectivity index (χ2n) is 1.79. The van der Waals surface area contributed by atoms with E-state index in [4.69, 9.17) is 16.4 Å². The monoisotopic (exact) mass is 187 g/mol. The van der Waals surface area contributed by atoms with Gasteiger partial charge >= 0.3 is 0 Å². The smallest absolute Gasteiger partial charge is 0.201 e. The van der Waals surface area contributed by atoms with Gasteiger partial charge in [-0.05, 0) is 36.0 Å². The van der Waals surface area contributed by atoms with Gasteiger partial charge in [0, 0.05) is 0 Å². The Morgan fingerprint density at radius 2 is 2.00 bits per heavy atom. The van der Waals surface area contributed by atoms with Crippen molar-refractivity contribution in [3.63, 3.8) is 0 Å². The summed E-state index contributed by atoms with van der Waals surface area (Å²) in [7, 11) is 0. The maximum absolute atomic E-state index is 5.32. The minimum atomic E-state index is 0.0915. The number of thiocarbonyl (C=S) groups is 1. The number of hydroxylamine groups is 1. The van der Waals surface area contributed by atoms with Crippen molar-refractivity contribution >= 4 is 28.3 Å². The Bertz CT molecular complexity index is 239. The highest BCUT2D eigenvalue weighted by molar-refractivity contribution is 7.83. The minimum Gasteiger partial charge on any atom is -0.381 e. The summed E-state index contributed by atoms with van der Waals surface area (Å²) in [4.78, 5) is 4.94. The van der Waals surface area contributed by atoms with E-state index in [2.05, 4.69) is 17.7 Å². The molecule has 2 nitrogen and oxygen atoms in total. The third kappa shape index (κ3) is 3.20. The van der Waals surface area contributed by atoms with Gasteiger partial charge in [-0.25, -0.2) is 0 Å². The van der Waals surface area contributed by atoms with Crippen LogP contribution in [0.5, 0.6) is 5.75 Å². The fourth-order valence-corrected chi connectivity index (χ4v) is 0.668. The Morgan fingerprint density at radius 1 is 1.36 bits per heavy atom. The lowest BCUT2D eigenvalue weighted by Crippen LogP contribution is -2.20. The zero-order valence-corrected chi connectivity index (χ0v) is 7.15. The number of hydrogen-bond acceptors (Lipinski definition) is 2. The molecule has 0 unspecified atom stereocenters. The summed E-state index contributed by atoms with van der Waals surface area (Å²) in [5.74, 6) is 0.676. The highest BCUT2D eigenvalue weighted by atomic mass is 35.5. The van der Waals surface area contributed by atoms with Crippen LogP contribution in [0.4, 0.5) is 0 Å². The Kier molecular flexibility index (Phi) is 3.14. The van der Waals surface area contributed by atoms with Crippen LogP contribution in [-0.2, 0) is 0 Å². The molecule has 0 amide bonds. The van der Waals surface area contributed by atoms with Crippen molar-refractivity contribution in [1.29, 1.82) is 0 Å². The van der Waals surface area contributed by atoms with E-state index in [1.807, 2.05) is 18.2 Å². The topological polar surface area (TPSA) is 21.3 Å². The SMILES string of the molecule is S=C(Cl)NOc1ccccc1. The number of rotatable bonds is 2. The summed E-state index contributed by atoms with van der Waals surface area (Å²) in [6.45, 7) is 0. The van der Waals surface area contributed by atoms with Crippen LogP contribution in [0.1, 0.15) is 0 Å². The standard InChI is InChI=1S/C7H6ClNOS/c8-7(11)9-10-6-4-2-1-3-5-6/h1-5H,(H,9,11). The van der Waals surface area contributed by atoms with Crippen molar-refractivity contribution in [2.75, 3.05) is 0 Å². The van der Waals surface area contributed by atoms with Gasteiger partial charge in [0.15, 0.2) is 5.75 Å². The quantitative estimate of drug-likeness (QED) is 0.332. The zero-order chi connectivity index (χ0) is 8.10. The third-order valence-corrected chi connectivity index (χ3v) is 1.15. The molecule has 1 rings (SSSR count). The molecule has 0 radical (unpaired) electrons. The fourth-order valence-electron chi connectivity index (χ4n) is 0.588. The van der Waals surface area contributed by atoms with Gasteiger partial charge in [-0.1, -0.05) is 18.2 Å². The van der Waals surface area contributed by atoms with Gasteiger partial charge in [-0.15, -0.1) is 0 Å². The number of benzene rings is 1. The van der Waals surface area contributed by atoms with Crippen LogP contribution in [0.15, 0.2) is 30.3 Å².